The first kappa shape index (κ1) is 12.0. The molecule has 1 saturated carbocycles. The third-order valence-electron chi connectivity index (χ3n) is 3.46. The summed E-state index contributed by atoms with van der Waals surface area (Å²) in [5.41, 5.74) is 0. The lowest BCUT2D eigenvalue weighted by Crippen LogP contribution is -2.42. The van der Waals surface area contributed by atoms with Crippen molar-refractivity contribution in [1.82, 2.24) is 10.2 Å². The van der Waals surface area contributed by atoms with Crippen LogP contribution < -0.4 is 5.32 Å². The number of nitrogens with one attached hydrogen (secondary N) is 1. The minimum atomic E-state index is 0.685. The number of hydrogen-bond donors (Lipinski definition) is 1. The Kier molecular flexibility index (Phi) is 5.49. The molecule has 0 aliphatic heterocycles. The van der Waals surface area contributed by atoms with Gasteiger partial charge in [-0.2, -0.15) is 0 Å². The zero-order chi connectivity index (χ0) is 10.4. The van der Waals surface area contributed by atoms with Crippen molar-refractivity contribution in [2.45, 2.75) is 58.0 Å². The van der Waals surface area contributed by atoms with Crippen LogP contribution in [-0.4, -0.2) is 37.1 Å². The van der Waals surface area contributed by atoms with Crippen molar-refractivity contribution in [2.75, 3.05) is 20.1 Å². The molecule has 2 nitrogen and oxygen atoms in total. The number of rotatable bonds is 6. The quantitative estimate of drug-likeness (QED) is 0.659. The molecule has 0 aromatic carbocycles. The van der Waals surface area contributed by atoms with Crippen LogP contribution in [0.4, 0.5) is 0 Å². The normalized spacial score (nSPS) is 20.6. The highest BCUT2D eigenvalue weighted by Gasteiger charge is 2.22. The van der Waals surface area contributed by atoms with E-state index in [0.717, 1.165) is 19.1 Å². The Morgan fingerprint density at radius 3 is 2.57 bits per heavy atom. The van der Waals surface area contributed by atoms with Gasteiger partial charge in [-0.25, -0.2) is 0 Å². The van der Waals surface area contributed by atoms with Crippen molar-refractivity contribution in [3.8, 4) is 0 Å². The molecule has 0 heterocycles. The molecule has 0 saturated heterocycles. The Morgan fingerprint density at radius 2 is 2.00 bits per heavy atom. The van der Waals surface area contributed by atoms with Gasteiger partial charge in [-0.3, -0.25) is 4.90 Å². The summed E-state index contributed by atoms with van der Waals surface area (Å²) in [6.45, 7) is 6.85. The molecule has 0 amide bonds. The van der Waals surface area contributed by atoms with E-state index in [1.807, 2.05) is 0 Å². The molecule has 1 fully saturated rings. The third-order valence-corrected chi connectivity index (χ3v) is 3.46. The van der Waals surface area contributed by atoms with Crippen molar-refractivity contribution in [2.24, 2.45) is 0 Å². The first-order valence-electron chi connectivity index (χ1n) is 6.18. The zero-order valence-electron chi connectivity index (χ0n) is 10.1. The predicted octanol–water partition coefficient (Wildman–Crippen LogP) is 2.25. The molecule has 1 aliphatic rings. The summed E-state index contributed by atoms with van der Waals surface area (Å²) in [4.78, 5) is 2.57. The lowest BCUT2D eigenvalue weighted by atomic mass is 10.1. The molecular weight excluding hydrogens is 172 g/mol. The number of likely N-dealkylation sites (N-methyl/N-ethyl adjacent to an activating group) is 1. The average molecular weight is 198 g/mol. The van der Waals surface area contributed by atoms with E-state index >= 15 is 0 Å². The van der Waals surface area contributed by atoms with E-state index in [9.17, 15) is 0 Å². The second-order valence-electron chi connectivity index (χ2n) is 4.66. The third kappa shape index (κ3) is 3.58. The fraction of sp³-hybridized carbons (Fsp3) is 1.00. The fourth-order valence-electron chi connectivity index (χ4n) is 2.30. The maximum Gasteiger partial charge on any atom is 0.0192 e. The molecule has 1 unspecified atom stereocenters. The second-order valence-corrected chi connectivity index (χ2v) is 4.66. The van der Waals surface area contributed by atoms with E-state index in [4.69, 9.17) is 0 Å². The van der Waals surface area contributed by atoms with E-state index < -0.39 is 0 Å². The van der Waals surface area contributed by atoms with Gasteiger partial charge >= 0.3 is 0 Å². The lowest BCUT2D eigenvalue weighted by Gasteiger charge is -2.30. The van der Waals surface area contributed by atoms with Crippen molar-refractivity contribution in [3.05, 3.63) is 0 Å². The van der Waals surface area contributed by atoms with Crippen molar-refractivity contribution < 1.29 is 0 Å². The molecule has 1 aliphatic carbocycles. The number of hydrogen-bond acceptors (Lipinski definition) is 2. The van der Waals surface area contributed by atoms with Crippen LogP contribution in [0.25, 0.3) is 0 Å². The molecule has 2 heteroatoms. The van der Waals surface area contributed by atoms with Gasteiger partial charge in [0.1, 0.15) is 0 Å². The second kappa shape index (κ2) is 6.41. The standard InChI is InChI=1S/C12H26N2/c1-4-9-13-10-11(2)14(3)12-7-5-6-8-12/h11-13H,4-10H2,1-3H3. The Hall–Kier alpha value is -0.0800. The van der Waals surface area contributed by atoms with Crippen LogP contribution in [0.15, 0.2) is 0 Å². The van der Waals surface area contributed by atoms with Crippen LogP contribution in [0.1, 0.15) is 46.0 Å². The van der Waals surface area contributed by atoms with Crippen LogP contribution in [0.5, 0.6) is 0 Å². The van der Waals surface area contributed by atoms with Crippen molar-refractivity contribution in [3.63, 3.8) is 0 Å². The number of nitrogens with zero attached hydrogens (tertiary/aromatic N) is 1. The Labute approximate surface area is 89.1 Å². The van der Waals surface area contributed by atoms with Crippen LogP contribution in [0, 0.1) is 0 Å². The first-order valence-corrected chi connectivity index (χ1v) is 6.18. The van der Waals surface area contributed by atoms with Gasteiger partial charge in [0.25, 0.3) is 0 Å². The van der Waals surface area contributed by atoms with Crippen LogP contribution in [0.2, 0.25) is 0 Å². The van der Waals surface area contributed by atoms with Gasteiger partial charge in [0.15, 0.2) is 0 Å². The summed E-state index contributed by atoms with van der Waals surface area (Å²) in [7, 11) is 2.29. The summed E-state index contributed by atoms with van der Waals surface area (Å²) in [6.07, 6.45) is 6.93. The monoisotopic (exact) mass is 198 g/mol. The summed E-state index contributed by atoms with van der Waals surface area (Å²) >= 11 is 0. The smallest absolute Gasteiger partial charge is 0.0192 e. The molecule has 0 bridgehead atoms. The molecule has 84 valence electrons. The van der Waals surface area contributed by atoms with Crippen LogP contribution in [-0.2, 0) is 0 Å². The molecule has 0 spiro atoms. The van der Waals surface area contributed by atoms with Gasteiger partial charge < -0.3 is 5.32 Å². The minimum absolute atomic E-state index is 0.685. The Morgan fingerprint density at radius 1 is 1.36 bits per heavy atom. The van der Waals surface area contributed by atoms with Crippen molar-refractivity contribution in [1.29, 1.82) is 0 Å². The summed E-state index contributed by atoms with van der Waals surface area (Å²) in [6, 6.07) is 1.54. The van der Waals surface area contributed by atoms with Crippen LogP contribution in [0.3, 0.4) is 0 Å². The van der Waals surface area contributed by atoms with Gasteiger partial charge in [-0.05, 0) is 39.8 Å². The molecule has 14 heavy (non-hydrogen) atoms. The van der Waals surface area contributed by atoms with Gasteiger partial charge in [0.05, 0.1) is 0 Å². The molecule has 1 N–H and O–H groups in total. The highest BCUT2D eigenvalue weighted by molar-refractivity contribution is 4.79. The molecule has 0 radical (unpaired) electrons. The van der Waals surface area contributed by atoms with E-state index in [1.54, 1.807) is 0 Å². The van der Waals surface area contributed by atoms with Crippen LogP contribution >= 0.6 is 0 Å². The highest BCUT2D eigenvalue weighted by Crippen LogP contribution is 2.23. The van der Waals surface area contributed by atoms with E-state index in [0.29, 0.717) is 6.04 Å². The lowest BCUT2D eigenvalue weighted by molar-refractivity contribution is 0.183. The Bertz CT molecular complexity index is 141. The fourth-order valence-corrected chi connectivity index (χ4v) is 2.30. The maximum absolute atomic E-state index is 3.50. The van der Waals surface area contributed by atoms with Gasteiger partial charge in [-0.15, -0.1) is 0 Å². The maximum atomic E-state index is 3.50. The molecule has 0 aromatic rings. The summed E-state index contributed by atoms with van der Waals surface area (Å²) < 4.78 is 0. The topological polar surface area (TPSA) is 15.3 Å². The average Bonchev–Trinajstić information content (AvgIpc) is 2.69. The zero-order valence-corrected chi connectivity index (χ0v) is 10.1. The van der Waals surface area contributed by atoms with E-state index in [-0.39, 0.29) is 0 Å². The molecule has 1 rings (SSSR count). The van der Waals surface area contributed by atoms with Gasteiger partial charge in [0.2, 0.25) is 0 Å². The van der Waals surface area contributed by atoms with Gasteiger partial charge in [0, 0.05) is 18.6 Å². The van der Waals surface area contributed by atoms with E-state index in [1.165, 1.54) is 32.1 Å². The minimum Gasteiger partial charge on any atom is -0.315 e. The summed E-state index contributed by atoms with van der Waals surface area (Å²) in [5, 5.41) is 3.50. The van der Waals surface area contributed by atoms with E-state index in [2.05, 4.69) is 31.1 Å². The van der Waals surface area contributed by atoms with Crippen molar-refractivity contribution >= 4 is 0 Å². The molecule has 0 aromatic heterocycles. The Balaban J connectivity index is 2.17. The molecule has 1 atom stereocenters. The highest BCUT2D eigenvalue weighted by atomic mass is 15.2. The molecular formula is C12H26N2. The predicted molar refractivity (Wildman–Crippen MR) is 62.6 cm³/mol. The largest absolute Gasteiger partial charge is 0.315 e. The van der Waals surface area contributed by atoms with Gasteiger partial charge in [-0.1, -0.05) is 19.8 Å². The first-order chi connectivity index (χ1) is 6.75. The SMILES string of the molecule is CCCNCC(C)N(C)C1CCCC1. The summed E-state index contributed by atoms with van der Waals surface area (Å²) in [5.74, 6) is 0.